The zero-order valence-electron chi connectivity index (χ0n) is 12.1. The number of halogens is 2. The van der Waals surface area contributed by atoms with Crippen LogP contribution in [-0.2, 0) is 4.79 Å². The van der Waals surface area contributed by atoms with Gasteiger partial charge in [0.15, 0.2) is 5.75 Å². The fourth-order valence-corrected chi connectivity index (χ4v) is 2.60. The Morgan fingerprint density at radius 3 is 2.60 bits per heavy atom. The van der Waals surface area contributed by atoms with E-state index in [2.05, 4.69) is 47.3 Å². The molecule has 0 unspecified atom stereocenters. The first-order valence-corrected chi connectivity index (χ1v) is 7.48. The summed E-state index contributed by atoms with van der Waals surface area (Å²) < 4.78 is 5.96. The zero-order chi connectivity index (χ0) is 15.3. The van der Waals surface area contributed by atoms with Gasteiger partial charge in [-0.3, -0.25) is 4.79 Å². The van der Waals surface area contributed by atoms with E-state index in [1.54, 1.807) is 19.2 Å². The summed E-state index contributed by atoms with van der Waals surface area (Å²) in [6, 6.07) is 3.39. The first kappa shape index (κ1) is 17.3. The van der Waals surface area contributed by atoms with Gasteiger partial charge in [0, 0.05) is 23.5 Å². The molecule has 0 spiro atoms. The van der Waals surface area contributed by atoms with Gasteiger partial charge in [-0.15, -0.1) is 0 Å². The van der Waals surface area contributed by atoms with Crippen molar-refractivity contribution >= 4 is 39.1 Å². The zero-order valence-corrected chi connectivity index (χ0v) is 14.5. The molecule has 0 saturated heterocycles. The monoisotopic (exact) mass is 362 g/mol. The summed E-state index contributed by atoms with van der Waals surface area (Å²) in [5, 5.41) is 6.60. The fourth-order valence-electron chi connectivity index (χ4n) is 1.62. The van der Waals surface area contributed by atoms with Crippen LogP contribution in [0.2, 0.25) is 5.02 Å². The van der Waals surface area contributed by atoms with Crippen molar-refractivity contribution in [2.75, 3.05) is 19.0 Å². The Bertz CT molecular complexity index is 487. The number of carbonyl (C=O) groups excluding carboxylic acids is 1. The van der Waals surface area contributed by atoms with Crippen molar-refractivity contribution in [2.24, 2.45) is 0 Å². The van der Waals surface area contributed by atoms with Crippen LogP contribution in [0, 0.1) is 0 Å². The van der Waals surface area contributed by atoms with Crippen molar-refractivity contribution in [3.8, 4) is 5.75 Å². The Balaban J connectivity index is 2.66. The van der Waals surface area contributed by atoms with E-state index in [-0.39, 0.29) is 11.4 Å². The molecule has 0 saturated carbocycles. The van der Waals surface area contributed by atoms with Gasteiger partial charge in [-0.2, -0.15) is 0 Å². The van der Waals surface area contributed by atoms with Crippen LogP contribution in [0.4, 0.5) is 5.69 Å². The maximum atomic E-state index is 11.9. The highest BCUT2D eigenvalue weighted by molar-refractivity contribution is 9.10. The number of hydrogen-bond donors (Lipinski definition) is 2. The molecule has 112 valence electrons. The highest BCUT2D eigenvalue weighted by Gasteiger charge is 2.13. The van der Waals surface area contributed by atoms with Crippen molar-refractivity contribution in [3.05, 3.63) is 21.6 Å². The van der Waals surface area contributed by atoms with Gasteiger partial charge < -0.3 is 15.4 Å². The first-order valence-electron chi connectivity index (χ1n) is 6.31. The number of carbonyl (C=O) groups is 1. The van der Waals surface area contributed by atoms with Gasteiger partial charge in [-0.25, -0.2) is 0 Å². The number of rotatable bonds is 5. The number of amides is 1. The minimum absolute atomic E-state index is 0.00292. The molecule has 0 aromatic heterocycles. The van der Waals surface area contributed by atoms with Gasteiger partial charge in [-0.05, 0) is 48.8 Å². The summed E-state index contributed by atoms with van der Waals surface area (Å²) in [7, 11) is 1.55. The van der Waals surface area contributed by atoms with E-state index in [1.165, 1.54) is 0 Å². The SMILES string of the molecule is COc1c(Br)cc(Cl)cc1NC(=O)CCNC(C)(C)C. The molecule has 0 aliphatic carbocycles. The average molecular weight is 364 g/mol. The largest absolute Gasteiger partial charge is 0.493 e. The molecular weight excluding hydrogens is 344 g/mol. The quantitative estimate of drug-likeness (QED) is 0.836. The van der Waals surface area contributed by atoms with Crippen LogP contribution in [0.25, 0.3) is 0 Å². The lowest BCUT2D eigenvalue weighted by atomic mass is 10.1. The Kier molecular flexibility index (Phi) is 6.30. The van der Waals surface area contributed by atoms with E-state index in [9.17, 15) is 4.79 Å². The summed E-state index contributed by atoms with van der Waals surface area (Å²) in [6.07, 6.45) is 0.380. The number of nitrogens with one attached hydrogen (secondary N) is 2. The van der Waals surface area contributed by atoms with Crippen molar-refractivity contribution in [2.45, 2.75) is 32.7 Å². The molecule has 4 nitrogen and oxygen atoms in total. The highest BCUT2D eigenvalue weighted by atomic mass is 79.9. The molecule has 0 aliphatic rings. The second-order valence-electron chi connectivity index (χ2n) is 5.44. The lowest BCUT2D eigenvalue weighted by molar-refractivity contribution is -0.116. The molecule has 1 aromatic rings. The maximum absolute atomic E-state index is 11.9. The maximum Gasteiger partial charge on any atom is 0.225 e. The molecule has 0 atom stereocenters. The predicted molar refractivity (Wildman–Crippen MR) is 86.7 cm³/mol. The van der Waals surface area contributed by atoms with Crippen molar-refractivity contribution in [1.82, 2.24) is 5.32 Å². The third kappa shape index (κ3) is 5.69. The van der Waals surface area contributed by atoms with E-state index < -0.39 is 0 Å². The molecule has 1 rings (SSSR count). The molecule has 1 amide bonds. The van der Waals surface area contributed by atoms with Crippen LogP contribution >= 0.6 is 27.5 Å². The Morgan fingerprint density at radius 1 is 1.40 bits per heavy atom. The lowest BCUT2D eigenvalue weighted by Gasteiger charge is -2.20. The molecule has 0 fully saturated rings. The molecule has 2 N–H and O–H groups in total. The smallest absolute Gasteiger partial charge is 0.225 e. The molecule has 1 aromatic carbocycles. The number of hydrogen-bond acceptors (Lipinski definition) is 3. The summed E-state index contributed by atoms with van der Waals surface area (Å²) in [5.41, 5.74) is 0.560. The van der Waals surface area contributed by atoms with Crippen LogP contribution < -0.4 is 15.4 Å². The highest BCUT2D eigenvalue weighted by Crippen LogP contribution is 2.36. The van der Waals surface area contributed by atoms with E-state index in [0.29, 0.717) is 33.9 Å². The molecule has 0 radical (unpaired) electrons. The Labute approximate surface area is 133 Å². The number of methoxy groups -OCH3 is 1. The summed E-state index contributed by atoms with van der Waals surface area (Å²) in [4.78, 5) is 11.9. The normalized spacial score (nSPS) is 11.3. The van der Waals surface area contributed by atoms with Gasteiger partial charge in [-0.1, -0.05) is 11.6 Å². The number of benzene rings is 1. The summed E-state index contributed by atoms with van der Waals surface area (Å²) in [5.74, 6) is 0.473. The van der Waals surface area contributed by atoms with Gasteiger partial charge >= 0.3 is 0 Å². The van der Waals surface area contributed by atoms with E-state index in [0.717, 1.165) is 0 Å². The molecule has 20 heavy (non-hydrogen) atoms. The third-order valence-corrected chi connectivity index (χ3v) is 3.30. The molecule has 0 aliphatic heterocycles. The molecule has 0 heterocycles. The topological polar surface area (TPSA) is 50.4 Å². The summed E-state index contributed by atoms with van der Waals surface area (Å²) >= 11 is 9.33. The molecule has 6 heteroatoms. The van der Waals surface area contributed by atoms with Gasteiger partial charge in [0.05, 0.1) is 17.3 Å². The number of ether oxygens (including phenoxy) is 1. The van der Waals surface area contributed by atoms with Crippen molar-refractivity contribution in [1.29, 1.82) is 0 Å². The van der Waals surface area contributed by atoms with E-state index >= 15 is 0 Å². The van der Waals surface area contributed by atoms with Crippen LogP contribution in [-0.4, -0.2) is 25.1 Å². The van der Waals surface area contributed by atoms with Crippen LogP contribution in [0.15, 0.2) is 16.6 Å². The minimum Gasteiger partial charge on any atom is -0.493 e. The van der Waals surface area contributed by atoms with Gasteiger partial charge in [0.2, 0.25) is 5.91 Å². The van der Waals surface area contributed by atoms with Crippen LogP contribution in [0.5, 0.6) is 5.75 Å². The van der Waals surface area contributed by atoms with E-state index in [1.807, 2.05) is 0 Å². The minimum atomic E-state index is -0.0887. The second kappa shape index (κ2) is 7.29. The predicted octanol–water partition coefficient (Wildman–Crippen LogP) is 3.83. The molecular formula is C14H20BrClN2O2. The van der Waals surface area contributed by atoms with Crippen LogP contribution in [0.3, 0.4) is 0 Å². The third-order valence-electron chi connectivity index (χ3n) is 2.49. The Morgan fingerprint density at radius 2 is 2.05 bits per heavy atom. The fraction of sp³-hybridized carbons (Fsp3) is 0.500. The Hall–Kier alpha value is -0.780. The van der Waals surface area contributed by atoms with Crippen LogP contribution in [0.1, 0.15) is 27.2 Å². The van der Waals surface area contributed by atoms with Gasteiger partial charge in [0.1, 0.15) is 0 Å². The first-order chi connectivity index (χ1) is 9.23. The van der Waals surface area contributed by atoms with E-state index in [4.69, 9.17) is 16.3 Å². The van der Waals surface area contributed by atoms with Gasteiger partial charge in [0.25, 0.3) is 0 Å². The lowest BCUT2D eigenvalue weighted by Crippen LogP contribution is -2.37. The number of anilines is 1. The van der Waals surface area contributed by atoms with Crippen molar-refractivity contribution < 1.29 is 9.53 Å². The van der Waals surface area contributed by atoms with Crippen molar-refractivity contribution in [3.63, 3.8) is 0 Å². The molecule has 0 bridgehead atoms. The second-order valence-corrected chi connectivity index (χ2v) is 6.73. The summed E-state index contributed by atoms with van der Waals surface area (Å²) in [6.45, 7) is 6.78. The average Bonchev–Trinajstić information content (AvgIpc) is 2.26. The standard InChI is InChI=1S/C14H20BrClN2O2/c1-14(2,3)17-6-5-12(19)18-11-8-9(16)7-10(15)13(11)20-4/h7-8,17H,5-6H2,1-4H3,(H,18,19).